The van der Waals surface area contributed by atoms with Crippen molar-refractivity contribution in [3.63, 3.8) is 0 Å². The molecule has 2 heterocycles. The van der Waals surface area contributed by atoms with Crippen LogP contribution in [-0.4, -0.2) is 65.0 Å². The molecule has 8 heteroatoms. The van der Waals surface area contributed by atoms with Crippen molar-refractivity contribution in [2.75, 3.05) is 26.3 Å². The van der Waals surface area contributed by atoms with Gasteiger partial charge in [0.2, 0.25) is 0 Å². The molecule has 2 bridgehead atoms. The first kappa shape index (κ1) is 40.2. The van der Waals surface area contributed by atoms with Crippen LogP contribution >= 0.6 is 23.2 Å². The van der Waals surface area contributed by atoms with Crippen LogP contribution in [0.4, 0.5) is 0 Å². The van der Waals surface area contributed by atoms with Gasteiger partial charge in [0, 0.05) is 49.9 Å². The second-order valence-corrected chi connectivity index (χ2v) is 17.1. The smallest absolute Gasteiger partial charge is 0.252 e. The predicted octanol–water partition coefficient (Wildman–Crippen LogP) is 11.0. The molecule has 0 radical (unpaired) electrons. The van der Waals surface area contributed by atoms with E-state index in [9.17, 15) is 0 Å². The lowest BCUT2D eigenvalue weighted by Gasteiger charge is -2.54. The van der Waals surface area contributed by atoms with Gasteiger partial charge in [-0.15, -0.1) is 0 Å². The van der Waals surface area contributed by atoms with Gasteiger partial charge in [-0.3, -0.25) is 14.6 Å². The average Bonchev–Trinajstić information content (AvgIpc) is 4.06. The molecule has 1 amide bonds. The van der Waals surface area contributed by atoms with Crippen LogP contribution in [0.5, 0.6) is 11.5 Å². The van der Waals surface area contributed by atoms with Crippen molar-refractivity contribution in [1.82, 2.24) is 14.7 Å². The molecule has 2 fully saturated rings. The number of fused-ring (bicyclic) bond motifs is 2. The van der Waals surface area contributed by atoms with Gasteiger partial charge in [-0.05, 0) is 116 Å². The minimum atomic E-state index is -0.0951. The Hall–Kier alpha value is -4.59. The number of carbonyl (C=O) groups excluding carboxylic acids is 1. The van der Waals surface area contributed by atoms with E-state index in [-0.39, 0.29) is 30.1 Å². The Balaban J connectivity index is 1.14. The van der Waals surface area contributed by atoms with E-state index >= 15 is 4.79 Å². The highest BCUT2D eigenvalue weighted by Gasteiger charge is 2.48. The number of halogens is 2. The maximum Gasteiger partial charge on any atom is 0.252 e. The highest BCUT2D eigenvalue weighted by atomic mass is 35.5. The minimum Gasteiger partial charge on any atom is -0.490 e. The second-order valence-electron chi connectivity index (χ2n) is 16.3. The van der Waals surface area contributed by atoms with Crippen LogP contribution in [0, 0.1) is 20.8 Å². The van der Waals surface area contributed by atoms with Gasteiger partial charge < -0.3 is 14.4 Å². The molecule has 0 aromatic heterocycles. The molecule has 1 aliphatic carbocycles. The Labute approximate surface area is 354 Å². The summed E-state index contributed by atoms with van der Waals surface area (Å²) in [5, 5.41) is 0.971. The molecule has 300 valence electrons. The third-order valence-corrected chi connectivity index (χ3v) is 12.8. The van der Waals surface area contributed by atoms with Crippen LogP contribution in [0.1, 0.15) is 71.2 Å². The number of hydrogen-bond donors (Lipinski definition) is 0. The standard InChI is InChI=1S/C50H53Cl2N3O3/c1-33-26-45(51)49(46(52)27-33)58-25-24-57-43-22-18-39(19-23-43)44-28-42-31-53(29-37-13-7-5-8-14-37)32-47(55(42)36(4)38-15-9-6-10-16-38)48(44)50(56)54(41-20-21-41)30-40-17-11-12-34(2)35(40)3/h5-19,22-23,26-27,36,41-42,47H,20-21,24-25,28-32H2,1-4H3/t36-,42+,47?/m1/s1. The molecule has 6 nitrogen and oxygen atoms in total. The molecule has 3 aliphatic rings. The van der Waals surface area contributed by atoms with Gasteiger partial charge in [-0.1, -0.05) is 114 Å². The fourth-order valence-corrected chi connectivity index (χ4v) is 9.68. The summed E-state index contributed by atoms with van der Waals surface area (Å²) in [5.74, 6) is 1.37. The van der Waals surface area contributed by atoms with Gasteiger partial charge in [0.1, 0.15) is 19.0 Å². The zero-order valence-corrected chi connectivity index (χ0v) is 35.5. The van der Waals surface area contributed by atoms with Crippen molar-refractivity contribution in [2.45, 2.75) is 84.2 Å². The normalized spacial score (nSPS) is 18.9. The quantitative estimate of drug-likeness (QED) is 0.105. The second kappa shape index (κ2) is 17.7. The largest absolute Gasteiger partial charge is 0.490 e. The maximum absolute atomic E-state index is 15.6. The average molecular weight is 815 g/mol. The Kier molecular flexibility index (Phi) is 12.3. The molecule has 2 aliphatic heterocycles. The highest BCUT2D eigenvalue weighted by Crippen LogP contribution is 2.45. The summed E-state index contributed by atoms with van der Waals surface area (Å²) < 4.78 is 12.0. The van der Waals surface area contributed by atoms with E-state index < -0.39 is 0 Å². The van der Waals surface area contributed by atoms with E-state index in [2.05, 4.69) is 126 Å². The Morgan fingerprint density at radius 3 is 2.17 bits per heavy atom. The van der Waals surface area contributed by atoms with Crippen LogP contribution in [-0.2, 0) is 17.9 Å². The Morgan fingerprint density at radius 2 is 1.48 bits per heavy atom. The molecule has 58 heavy (non-hydrogen) atoms. The van der Waals surface area contributed by atoms with E-state index in [0.717, 1.165) is 66.9 Å². The van der Waals surface area contributed by atoms with Crippen LogP contribution in [0.2, 0.25) is 10.0 Å². The Bertz CT molecular complexity index is 2230. The third kappa shape index (κ3) is 8.86. The number of ether oxygens (including phenoxy) is 2. The highest BCUT2D eigenvalue weighted by molar-refractivity contribution is 6.37. The SMILES string of the molecule is Cc1cc(Cl)c(OCCOc2ccc(C3=C(C(=O)N(Cc4cccc(C)c4C)C4CC4)C4CN(Cc5ccccc5)C[C@H](C3)N4[C@H](C)c3ccccc3)cc2)c(Cl)c1. The molecule has 5 aromatic rings. The minimum absolute atomic E-state index is 0.0951. The van der Waals surface area contributed by atoms with Crippen LogP contribution in [0.15, 0.2) is 121 Å². The number of carbonyl (C=O) groups is 1. The van der Waals surface area contributed by atoms with E-state index in [0.29, 0.717) is 35.6 Å². The summed E-state index contributed by atoms with van der Waals surface area (Å²) in [4.78, 5) is 23.1. The van der Waals surface area contributed by atoms with Gasteiger partial charge in [0.15, 0.2) is 5.75 Å². The van der Waals surface area contributed by atoms with Crippen LogP contribution < -0.4 is 9.47 Å². The number of benzene rings is 5. The summed E-state index contributed by atoms with van der Waals surface area (Å²) >= 11 is 12.8. The summed E-state index contributed by atoms with van der Waals surface area (Å²) in [5.41, 5.74) is 10.4. The van der Waals surface area contributed by atoms with Gasteiger partial charge in [-0.25, -0.2) is 0 Å². The number of amides is 1. The number of aryl methyl sites for hydroxylation is 2. The molecule has 5 aromatic carbocycles. The fourth-order valence-electron chi connectivity index (χ4n) is 8.98. The van der Waals surface area contributed by atoms with E-state index in [4.69, 9.17) is 32.7 Å². The fraction of sp³-hybridized carbons (Fsp3) is 0.340. The summed E-state index contributed by atoms with van der Waals surface area (Å²) in [6.45, 7) is 12.4. The van der Waals surface area contributed by atoms with Crippen molar-refractivity contribution in [1.29, 1.82) is 0 Å². The van der Waals surface area contributed by atoms with E-state index in [1.54, 1.807) is 0 Å². The van der Waals surface area contributed by atoms with Crippen molar-refractivity contribution in [3.8, 4) is 11.5 Å². The van der Waals surface area contributed by atoms with Gasteiger partial charge in [0.25, 0.3) is 5.91 Å². The van der Waals surface area contributed by atoms with E-state index in [1.807, 2.05) is 31.2 Å². The zero-order valence-electron chi connectivity index (χ0n) is 34.0. The van der Waals surface area contributed by atoms with Crippen molar-refractivity contribution < 1.29 is 14.3 Å². The molecule has 0 spiro atoms. The first-order valence-electron chi connectivity index (χ1n) is 20.6. The molecule has 3 atom stereocenters. The molecule has 8 rings (SSSR count). The molecule has 1 saturated carbocycles. The van der Waals surface area contributed by atoms with E-state index in [1.165, 1.54) is 27.8 Å². The van der Waals surface area contributed by atoms with Gasteiger partial charge in [-0.2, -0.15) is 0 Å². The first-order valence-corrected chi connectivity index (χ1v) is 21.4. The van der Waals surface area contributed by atoms with Crippen LogP contribution in [0.25, 0.3) is 5.57 Å². The van der Waals surface area contributed by atoms with Crippen molar-refractivity contribution in [3.05, 3.63) is 170 Å². The van der Waals surface area contributed by atoms with Gasteiger partial charge >= 0.3 is 0 Å². The molecular formula is C50H53Cl2N3O3. The maximum atomic E-state index is 15.6. The number of rotatable bonds is 14. The molecular weight excluding hydrogens is 761 g/mol. The zero-order chi connectivity index (χ0) is 40.3. The lowest BCUT2D eigenvalue weighted by Crippen LogP contribution is -2.63. The van der Waals surface area contributed by atoms with Crippen LogP contribution in [0.3, 0.4) is 0 Å². The topological polar surface area (TPSA) is 45.3 Å². The summed E-state index contributed by atoms with van der Waals surface area (Å²) in [7, 11) is 0. The predicted molar refractivity (Wildman–Crippen MR) is 236 cm³/mol. The molecule has 0 N–H and O–H groups in total. The lowest BCUT2D eigenvalue weighted by molar-refractivity contribution is -0.130. The van der Waals surface area contributed by atoms with Gasteiger partial charge in [0.05, 0.1) is 16.1 Å². The Morgan fingerprint density at radius 1 is 0.810 bits per heavy atom. The number of nitrogens with zero attached hydrogens (tertiary/aromatic N) is 3. The monoisotopic (exact) mass is 813 g/mol. The van der Waals surface area contributed by atoms with Crippen molar-refractivity contribution >= 4 is 34.7 Å². The number of piperazine rings is 1. The molecule has 1 saturated heterocycles. The number of hydrogen-bond acceptors (Lipinski definition) is 5. The summed E-state index contributed by atoms with van der Waals surface area (Å²) in [6, 6.07) is 40.5. The lowest BCUT2D eigenvalue weighted by atomic mass is 9.79. The third-order valence-electron chi connectivity index (χ3n) is 12.2. The van der Waals surface area contributed by atoms with Crippen molar-refractivity contribution in [2.24, 2.45) is 0 Å². The first-order chi connectivity index (χ1) is 28.1. The summed E-state index contributed by atoms with van der Waals surface area (Å²) in [6.07, 6.45) is 2.85. The molecule has 1 unspecified atom stereocenters.